The second-order valence-electron chi connectivity index (χ2n) is 15.9. The van der Waals surface area contributed by atoms with E-state index in [0.717, 1.165) is 61.2 Å². The predicted octanol–water partition coefficient (Wildman–Crippen LogP) is 10.5. The smallest absolute Gasteiger partial charge is 0.224 e. The molecule has 3 unspecified atom stereocenters. The summed E-state index contributed by atoms with van der Waals surface area (Å²) >= 11 is 0. The minimum Gasteiger partial charge on any atom is -0.397 e. The number of nitrogens with two attached hydrogens (primary N) is 1. The van der Waals surface area contributed by atoms with Crippen LogP contribution in [0.5, 0.6) is 0 Å². The number of benzene rings is 3. The summed E-state index contributed by atoms with van der Waals surface area (Å²) in [6.45, 7) is 8.10. The molecule has 1 aliphatic heterocycles. The summed E-state index contributed by atoms with van der Waals surface area (Å²) in [5, 5.41) is 15.5. The van der Waals surface area contributed by atoms with Crippen molar-refractivity contribution in [2.45, 2.75) is 161 Å². The maximum Gasteiger partial charge on any atom is 0.224 e. The van der Waals surface area contributed by atoms with Crippen molar-refractivity contribution >= 4 is 23.2 Å². The Labute approximate surface area is 343 Å². The molecule has 1 aliphatic rings. The van der Waals surface area contributed by atoms with Gasteiger partial charge in [-0.1, -0.05) is 145 Å². The highest BCUT2D eigenvalue weighted by atomic mass is 16.7. The fraction of sp³-hybridized carbons (Fsp3) is 0.583. The first-order valence-corrected chi connectivity index (χ1v) is 22.1. The molecule has 3 aromatic carbocycles. The van der Waals surface area contributed by atoms with Gasteiger partial charge in [-0.15, -0.1) is 0 Å². The van der Waals surface area contributed by atoms with Gasteiger partial charge in [0, 0.05) is 37.9 Å². The average molecular weight is 785 g/mol. The van der Waals surface area contributed by atoms with E-state index < -0.39 is 6.29 Å². The summed E-state index contributed by atoms with van der Waals surface area (Å²) in [6, 6.07) is 23.5. The van der Waals surface area contributed by atoms with Gasteiger partial charge in [0.1, 0.15) is 0 Å². The number of amides is 2. The number of aliphatic hydroxyl groups excluding tert-OH is 1. The number of nitrogens with zero attached hydrogens (tertiary/aromatic N) is 1. The molecular formula is C48H72N4O5. The maximum absolute atomic E-state index is 12.6. The molecule has 9 heteroatoms. The molecule has 0 radical (unpaired) electrons. The quantitative estimate of drug-likeness (QED) is 0.0427. The standard InChI is InChI=1S/C48H72N4O5/c1-3-5-7-9-11-18-32-52(33-19-12-10-8-6-4-2)36-42-34-45(40-28-26-39(37-53)27-29-40)57-48(56-42)41-30-24-38(25-31-41)35-50-46(54)22-14-13-15-23-47(55)51-44-21-17-16-20-43(44)49/h16-17,20-21,24-31,42,45,48,53H,3-15,18-19,22-23,32-37,49H2,1-2H3,(H,50,54)(H,51,55). The summed E-state index contributed by atoms with van der Waals surface area (Å²) < 4.78 is 13.4. The number of unbranched alkanes of at least 4 members (excludes halogenated alkanes) is 12. The number of carbonyl (C=O) groups is 2. The zero-order valence-corrected chi connectivity index (χ0v) is 35.0. The van der Waals surface area contributed by atoms with E-state index in [9.17, 15) is 14.7 Å². The number of nitrogens with one attached hydrogen (secondary N) is 2. The Bertz CT molecular complexity index is 1530. The lowest BCUT2D eigenvalue weighted by molar-refractivity contribution is -0.253. The van der Waals surface area contributed by atoms with E-state index in [2.05, 4.69) is 53.6 Å². The zero-order valence-electron chi connectivity index (χ0n) is 35.0. The van der Waals surface area contributed by atoms with Crippen molar-refractivity contribution in [3.8, 4) is 0 Å². The van der Waals surface area contributed by atoms with Crippen LogP contribution in [0.3, 0.4) is 0 Å². The van der Waals surface area contributed by atoms with Crippen LogP contribution in [0.2, 0.25) is 0 Å². The molecule has 4 rings (SSSR count). The minimum absolute atomic E-state index is 0.00362. The highest BCUT2D eigenvalue weighted by Gasteiger charge is 2.33. The van der Waals surface area contributed by atoms with Crippen LogP contribution in [0.1, 0.15) is 164 Å². The third-order valence-electron chi connectivity index (χ3n) is 11.0. The first kappa shape index (κ1) is 45.9. The van der Waals surface area contributed by atoms with Crippen molar-refractivity contribution in [2.75, 3.05) is 30.7 Å². The molecule has 0 bridgehead atoms. The molecule has 3 atom stereocenters. The van der Waals surface area contributed by atoms with E-state index in [1.165, 1.54) is 77.0 Å². The van der Waals surface area contributed by atoms with E-state index in [4.69, 9.17) is 15.2 Å². The number of hydrogen-bond donors (Lipinski definition) is 4. The van der Waals surface area contributed by atoms with Crippen LogP contribution in [-0.2, 0) is 32.2 Å². The van der Waals surface area contributed by atoms with Crippen molar-refractivity contribution in [3.63, 3.8) is 0 Å². The third kappa shape index (κ3) is 17.7. The third-order valence-corrected chi connectivity index (χ3v) is 11.0. The molecule has 5 N–H and O–H groups in total. The molecule has 57 heavy (non-hydrogen) atoms. The lowest BCUT2D eigenvalue weighted by atomic mass is 9.99. The predicted molar refractivity (Wildman–Crippen MR) is 232 cm³/mol. The monoisotopic (exact) mass is 785 g/mol. The number of nitrogen functional groups attached to an aromatic ring is 1. The van der Waals surface area contributed by atoms with Gasteiger partial charge < -0.3 is 35.8 Å². The van der Waals surface area contributed by atoms with Crippen LogP contribution in [0.15, 0.2) is 72.8 Å². The molecule has 314 valence electrons. The highest BCUT2D eigenvalue weighted by molar-refractivity contribution is 5.93. The molecule has 1 fully saturated rings. The molecule has 3 aromatic rings. The van der Waals surface area contributed by atoms with Gasteiger partial charge in [0.25, 0.3) is 0 Å². The molecule has 1 heterocycles. The summed E-state index contributed by atoms with van der Waals surface area (Å²) in [5.74, 6) is -0.0644. The number of ether oxygens (including phenoxy) is 2. The van der Waals surface area contributed by atoms with Crippen molar-refractivity contribution < 1.29 is 24.2 Å². The molecule has 0 saturated carbocycles. The van der Waals surface area contributed by atoms with E-state index >= 15 is 0 Å². The summed E-state index contributed by atoms with van der Waals surface area (Å²) in [4.78, 5) is 27.5. The number of carbonyl (C=O) groups excluding carboxylic acids is 2. The van der Waals surface area contributed by atoms with Crippen molar-refractivity contribution in [3.05, 3.63) is 95.1 Å². The van der Waals surface area contributed by atoms with Gasteiger partial charge in [0.05, 0.1) is 30.2 Å². The molecule has 2 amide bonds. The Hall–Kier alpha value is -3.76. The molecule has 1 saturated heterocycles. The van der Waals surface area contributed by atoms with Crippen LogP contribution >= 0.6 is 0 Å². The largest absolute Gasteiger partial charge is 0.397 e. The highest BCUT2D eigenvalue weighted by Crippen LogP contribution is 2.38. The Morgan fingerprint density at radius 3 is 1.88 bits per heavy atom. The van der Waals surface area contributed by atoms with Crippen molar-refractivity contribution in [1.82, 2.24) is 10.2 Å². The van der Waals surface area contributed by atoms with Crippen LogP contribution in [0.4, 0.5) is 11.4 Å². The van der Waals surface area contributed by atoms with Gasteiger partial charge in [0.15, 0.2) is 6.29 Å². The lowest BCUT2D eigenvalue weighted by Crippen LogP contribution is -2.40. The lowest BCUT2D eigenvalue weighted by Gasteiger charge is -2.38. The Kier molecular flexibility index (Phi) is 21.8. The maximum atomic E-state index is 12.6. The number of hydrogen-bond acceptors (Lipinski definition) is 7. The van der Waals surface area contributed by atoms with Gasteiger partial charge in [0.2, 0.25) is 11.8 Å². The second kappa shape index (κ2) is 27.0. The van der Waals surface area contributed by atoms with Gasteiger partial charge in [-0.05, 0) is 67.6 Å². The number of rotatable bonds is 28. The van der Waals surface area contributed by atoms with Crippen LogP contribution in [0, 0.1) is 0 Å². The Balaban J connectivity index is 1.29. The normalized spacial score (nSPS) is 16.8. The first-order chi connectivity index (χ1) is 27.9. The van der Waals surface area contributed by atoms with Crippen molar-refractivity contribution in [1.29, 1.82) is 0 Å². The fourth-order valence-electron chi connectivity index (χ4n) is 7.50. The van der Waals surface area contributed by atoms with Crippen molar-refractivity contribution in [2.24, 2.45) is 0 Å². The Morgan fingerprint density at radius 2 is 1.25 bits per heavy atom. The van der Waals surface area contributed by atoms with Crippen LogP contribution in [0.25, 0.3) is 0 Å². The van der Waals surface area contributed by atoms with E-state index in [-0.39, 0.29) is 30.6 Å². The molecular weight excluding hydrogens is 713 g/mol. The molecule has 0 aromatic heterocycles. The summed E-state index contributed by atoms with van der Waals surface area (Å²) in [6.07, 6.45) is 18.7. The summed E-state index contributed by atoms with van der Waals surface area (Å²) in [7, 11) is 0. The first-order valence-electron chi connectivity index (χ1n) is 22.1. The van der Waals surface area contributed by atoms with Gasteiger partial charge in [-0.2, -0.15) is 0 Å². The minimum atomic E-state index is -0.507. The summed E-state index contributed by atoms with van der Waals surface area (Å²) in [5.41, 5.74) is 11.1. The van der Waals surface area contributed by atoms with E-state index in [1.54, 1.807) is 12.1 Å². The zero-order chi connectivity index (χ0) is 40.5. The fourth-order valence-corrected chi connectivity index (χ4v) is 7.50. The molecule has 0 spiro atoms. The van der Waals surface area contributed by atoms with Gasteiger partial charge in [-0.25, -0.2) is 0 Å². The molecule has 0 aliphatic carbocycles. The number of anilines is 2. The van der Waals surface area contributed by atoms with Crippen LogP contribution in [-0.4, -0.2) is 47.6 Å². The van der Waals surface area contributed by atoms with Gasteiger partial charge >= 0.3 is 0 Å². The van der Waals surface area contributed by atoms with E-state index in [1.807, 2.05) is 36.4 Å². The SMILES string of the molecule is CCCCCCCCN(CCCCCCCC)CC1CC(c2ccc(CO)cc2)OC(c2ccc(CNC(=O)CCCCCC(=O)Nc3ccccc3N)cc2)O1. The Morgan fingerprint density at radius 1 is 0.684 bits per heavy atom. The van der Waals surface area contributed by atoms with Gasteiger partial charge in [-0.3, -0.25) is 9.59 Å². The average Bonchev–Trinajstić information content (AvgIpc) is 3.23. The second-order valence-corrected chi connectivity index (χ2v) is 15.9. The topological polar surface area (TPSA) is 126 Å². The van der Waals surface area contributed by atoms with Crippen LogP contribution < -0.4 is 16.4 Å². The van der Waals surface area contributed by atoms with E-state index in [0.29, 0.717) is 37.2 Å². The number of para-hydroxylation sites is 2. The number of aliphatic hydroxyl groups is 1. The molecule has 9 nitrogen and oxygen atoms in total.